The van der Waals surface area contributed by atoms with Gasteiger partial charge in [0, 0.05) is 24.3 Å². The van der Waals surface area contributed by atoms with Gasteiger partial charge in [0.05, 0.1) is 4.90 Å². The van der Waals surface area contributed by atoms with Crippen LogP contribution in [0, 0.1) is 24.6 Å². The summed E-state index contributed by atoms with van der Waals surface area (Å²) in [6.45, 7) is 7.21. The number of sulfonamides is 1. The number of hydrogen-bond donors (Lipinski definition) is 1. The lowest BCUT2D eigenvalue weighted by molar-refractivity contribution is 0.0623. The van der Waals surface area contributed by atoms with E-state index in [4.69, 9.17) is 0 Å². The normalized spacial score (nSPS) is 20.1. The minimum Gasteiger partial charge on any atom is -0.338 e. The minimum atomic E-state index is -3.95. The van der Waals surface area contributed by atoms with Gasteiger partial charge in [0.15, 0.2) is 0 Å². The van der Waals surface area contributed by atoms with Gasteiger partial charge in [-0.25, -0.2) is 12.8 Å². The Balaban J connectivity index is 1.81. The smallest absolute Gasteiger partial charge is 0.261 e. The zero-order valence-electron chi connectivity index (χ0n) is 16.3. The van der Waals surface area contributed by atoms with Crippen LogP contribution in [0.15, 0.2) is 47.4 Å². The van der Waals surface area contributed by atoms with Gasteiger partial charge in [-0.05, 0) is 61.1 Å². The maximum atomic E-state index is 13.7. The molecule has 0 bridgehead atoms. The number of halogens is 1. The zero-order chi connectivity index (χ0) is 20.5. The highest BCUT2D eigenvalue weighted by Crippen LogP contribution is 2.24. The Kier molecular flexibility index (Phi) is 5.74. The van der Waals surface area contributed by atoms with Crippen LogP contribution in [0.25, 0.3) is 0 Å². The quantitative estimate of drug-likeness (QED) is 0.836. The van der Waals surface area contributed by atoms with Crippen LogP contribution in [0.4, 0.5) is 10.1 Å². The fourth-order valence-corrected chi connectivity index (χ4v) is 4.74. The number of carbonyl (C=O) groups is 1. The van der Waals surface area contributed by atoms with Crippen LogP contribution in [0.3, 0.4) is 0 Å². The lowest BCUT2D eigenvalue weighted by Crippen LogP contribution is -2.42. The van der Waals surface area contributed by atoms with Crippen LogP contribution in [-0.4, -0.2) is 32.3 Å². The van der Waals surface area contributed by atoms with Crippen molar-refractivity contribution in [2.24, 2.45) is 11.8 Å². The Morgan fingerprint density at radius 2 is 1.79 bits per heavy atom. The van der Waals surface area contributed by atoms with Crippen molar-refractivity contribution in [1.29, 1.82) is 0 Å². The molecule has 1 aliphatic rings. The molecule has 0 saturated carbocycles. The maximum absolute atomic E-state index is 13.7. The molecule has 1 fully saturated rings. The molecule has 5 nitrogen and oxygen atoms in total. The average Bonchev–Trinajstić information content (AvgIpc) is 2.62. The van der Waals surface area contributed by atoms with E-state index in [1.165, 1.54) is 18.2 Å². The lowest BCUT2D eigenvalue weighted by atomic mass is 9.91. The number of carbonyl (C=O) groups excluding carboxylic acids is 1. The number of piperidine rings is 1. The molecule has 28 heavy (non-hydrogen) atoms. The number of hydrogen-bond acceptors (Lipinski definition) is 3. The van der Waals surface area contributed by atoms with Crippen LogP contribution in [0.5, 0.6) is 0 Å². The third-order valence-electron chi connectivity index (χ3n) is 4.97. The molecule has 2 aromatic rings. The van der Waals surface area contributed by atoms with Gasteiger partial charge < -0.3 is 4.90 Å². The number of rotatable bonds is 4. The molecular formula is C21H25FN2O3S. The van der Waals surface area contributed by atoms with Crippen molar-refractivity contribution < 1.29 is 17.6 Å². The van der Waals surface area contributed by atoms with Crippen LogP contribution in [-0.2, 0) is 10.0 Å². The summed E-state index contributed by atoms with van der Waals surface area (Å²) in [7, 11) is -3.95. The van der Waals surface area contributed by atoms with Crippen molar-refractivity contribution in [3.05, 3.63) is 59.4 Å². The number of anilines is 1. The first kappa shape index (κ1) is 20.3. The monoisotopic (exact) mass is 404 g/mol. The average molecular weight is 405 g/mol. The van der Waals surface area contributed by atoms with Crippen LogP contribution >= 0.6 is 0 Å². The van der Waals surface area contributed by atoms with Gasteiger partial charge >= 0.3 is 0 Å². The molecule has 7 heteroatoms. The number of amides is 1. The summed E-state index contributed by atoms with van der Waals surface area (Å²) in [5, 5.41) is 0. The molecule has 150 valence electrons. The number of aryl methyl sites for hydroxylation is 1. The third-order valence-corrected chi connectivity index (χ3v) is 6.35. The molecule has 2 aromatic carbocycles. The summed E-state index contributed by atoms with van der Waals surface area (Å²) >= 11 is 0. The molecule has 0 radical (unpaired) electrons. The van der Waals surface area contributed by atoms with E-state index in [2.05, 4.69) is 18.6 Å². The van der Waals surface area contributed by atoms with Gasteiger partial charge in [-0.15, -0.1) is 0 Å². The largest absolute Gasteiger partial charge is 0.338 e. The molecule has 1 heterocycles. The first-order valence-electron chi connectivity index (χ1n) is 9.34. The fourth-order valence-electron chi connectivity index (χ4n) is 3.68. The Hall–Kier alpha value is -2.41. The minimum absolute atomic E-state index is 0.110. The number of likely N-dealkylation sites (tertiary alicyclic amines) is 1. The topological polar surface area (TPSA) is 66.5 Å². The molecule has 0 aliphatic carbocycles. The molecule has 2 unspecified atom stereocenters. The van der Waals surface area contributed by atoms with Gasteiger partial charge in [-0.3, -0.25) is 9.52 Å². The molecule has 3 rings (SSSR count). The number of nitrogens with one attached hydrogen (secondary N) is 1. The molecule has 0 spiro atoms. The van der Waals surface area contributed by atoms with Gasteiger partial charge in [-0.1, -0.05) is 26.0 Å². The Morgan fingerprint density at radius 3 is 2.43 bits per heavy atom. The second-order valence-corrected chi connectivity index (χ2v) is 9.44. The van der Waals surface area contributed by atoms with Gasteiger partial charge in [0.25, 0.3) is 15.9 Å². The van der Waals surface area contributed by atoms with Crippen molar-refractivity contribution in [1.82, 2.24) is 4.90 Å². The molecule has 1 N–H and O–H groups in total. The van der Waals surface area contributed by atoms with Crippen LogP contribution in [0.1, 0.15) is 36.2 Å². The van der Waals surface area contributed by atoms with Crippen molar-refractivity contribution in [2.45, 2.75) is 32.1 Å². The highest BCUT2D eigenvalue weighted by atomic mass is 32.2. The zero-order valence-corrected chi connectivity index (χ0v) is 17.1. The Labute approximate surface area is 165 Å². The van der Waals surface area contributed by atoms with Crippen LogP contribution < -0.4 is 4.72 Å². The van der Waals surface area contributed by atoms with Gasteiger partial charge in [-0.2, -0.15) is 0 Å². The first-order chi connectivity index (χ1) is 13.2. The predicted octanol–water partition coefficient (Wildman–Crippen LogP) is 4.05. The van der Waals surface area contributed by atoms with Crippen molar-refractivity contribution >= 4 is 21.6 Å². The third kappa shape index (κ3) is 4.52. The highest BCUT2D eigenvalue weighted by Gasteiger charge is 2.26. The molecule has 2 atom stereocenters. The molecule has 1 aliphatic heterocycles. The van der Waals surface area contributed by atoms with Gasteiger partial charge in [0.1, 0.15) is 5.82 Å². The molecule has 1 amide bonds. The standard InChI is InChI=1S/C21H25FN2O3S/c1-14-9-15(2)13-24(12-14)21(25)17-5-4-6-18(10-17)23-28(26,27)19-8-7-16(3)20(22)11-19/h4-8,10-11,14-15,23H,9,12-13H2,1-3H3. The summed E-state index contributed by atoms with van der Waals surface area (Å²) in [5.74, 6) is 0.178. The van der Waals surface area contributed by atoms with E-state index in [0.29, 0.717) is 36.1 Å². The van der Waals surface area contributed by atoms with E-state index in [0.717, 1.165) is 12.5 Å². The van der Waals surface area contributed by atoms with E-state index in [-0.39, 0.29) is 16.5 Å². The Morgan fingerprint density at radius 1 is 1.11 bits per heavy atom. The van der Waals surface area contributed by atoms with E-state index < -0.39 is 15.8 Å². The van der Waals surface area contributed by atoms with Crippen molar-refractivity contribution in [2.75, 3.05) is 17.8 Å². The van der Waals surface area contributed by atoms with Crippen LogP contribution in [0.2, 0.25) is 0 Å². The fraction of sp³-hybridized carbons (Fsp3) is 0.381. The summed E-state index contributed by atoms with van der Waals surface area (Å²) in [4.78, 5) is 14.5. The van der Waals surface area contributed by atoms with Crippen molar-refractivity contribution in [3.8, 4) is 0 Å². The predicted molar refractivity (Wildman–Crippen MR) is 107 cm³/mol. The number of benzene rings is 2. The van der Waals surface area contributed by atoms with E-state index in [1.54, 1.807) is 25.1 Å². The van der Waals surface area contributed by atoms with E-state index in [9.17, 15) is 17.6 Å². The molecule has 0 aromatic heterocycles. The maximum Gasteiger partial charge on any atom is 0.261 e. The molecule has 1 saturated heterocycles. The lowest BCUT2D eigenvalue weighted by Gasteiger charge is -2.35. The highest BCUT2D eigenvalue weighted by molar-refractivity contribution is 7.92. The second kappa shape index (κ2) is 7.91. The summed E-state index contributed by atoms with van der Waals surface area (Å²) < 4.78 is 41.3. The van der Waals surface area contributed by atoms with Gasteiger partial charge in [0.2, 0.25) is 0 Å². The second-order valence-electron chi connectivity index (χ2n) is 7.75. The number of nitrogens with zero attached hydrogens (tertiary/aromatic N) is 1. The molecular weight excluding hydrogens is 379 g/mol. The summed E-state index contributed by atoms with van der Waals surface area (Å²) in [6.07, 6.45) is 1.09. The van der Waals surface area contributed by atoms with E-state index >= 15 is 0 Å². The summed E-state index contributed by atoms with van der Waals surface area (Å²) in [5.41, 5.74) is 1.07. The summed E-state index contributed by atoms with van der Waals surface area (Å²) in [6, 6.07) is 10.2. The first-order valence-corrected chi connectivity index (χ1v) is 10.8. The SMILES string of the molecule is Cc1ccc(S(=O)(=O)Nc2cccc(C(=O)N3CC(C)CC(C)C3)c2)cc1F. The Bertz CT molecular complexity index is 981. The van der Waals surface area contributed by atoms with E-state index in [1.807, 2.05) is 4.90 Å². The van der Waals surface area contributed by atoms with Crippen molar-refractivity contribution in [3.63, 3.8) is 0 Å².